The molecule has 0 aliphatic carbocycles. The molecule has 1 atom stereocenters. The topological polar surface area (TPSA) is 141 Å². The van der Waals surface area contributed by atoms with E-state index >= 15 is 0 Å². The Morgan fingerprint density at radius 2 is 1.68 bits per heavy atom. The van der Waals surface area contributed by atoms with Crippen molar-refractivity contribution in [3.8, 4) is 23.0 Å². The number of benzene rings is 3. The molecule has 1 aliphatic rings. The first-order valence-electron chi connectivity index (χ1n) is 14.7. The third-order valence-corrected chi connectivity index (χ3v) is 8.33. The number of thiazole rings is 1. The monoisotopic (exact) mass is 659 g/mol. The highest BCUT2D eigenvalue weighted by atomic mass is 32.1. The minimum Gasteiger partial charge on any atom is -0.493 e. The molecule has 2 heterocycles. The van der Waals surface area contributed by atoms with Crippen molar-refractivity contribution in [1.29, 1.82) is 0 Å². The van der Waals surface area contributed by atoms with Gasteiger partial charge in [0.05, 0.1) is 54.2 Å². The molecule has 12 nitrogen and oxygen atoms in total. The van der Waals surface area contributed by atoms with E-state index in [2.05, 4.69) is 4.99 Å². The number of nitrogens with zero attached hydrogens (tertiary/aromatic N) is 3. The van der Waals surface area contributed by atoms with Gasteiger partial charge in [0.2, 0.25) is 0 Å². The molecule has 0 saturated heterocycles. The van der Waals surface area contributed by atoms with Gasteiger partial charge >= 0.3 is 5.97 Å². The lowest BCUT2D eigenvalue weighted by Gasteiger charge is -2.25. The molecule has 244 valence electrons. The highest BCUT2D eigenvalue weighted by molar-refractivity contribution is 7.07. The second-order valence-corrected chi connectivity index (χ2v) is 11.3. The van der Waals surface area contributed by atoms with Crippen LogP contribution in [0, 0.1) is 10.1 Å². The summed E-state index contributed by atoms with van der Waals surface area (Å²) in [6, 6.07) is 15.9. The molecule has 0 amide bonds. The molecule has 1 aromatic heterocycles. The van der Waals surface area contributed by atoms with Crippen molar-refractivity contribution in [2.45, 2.75) is 33.4 Å². The summed E-state index contributed by atoms with van der Waals surface area (Å²) in [6.45, 7) is 6.00. The number of aromatic nitrogens is 1. The van der Waals surface area contributed by atoms with Gasteiger partial charge in [-0.3, -0.25) is 19.5 Å². The summed E-state index contributed by atoms with van der Waals surface area (Å²) in [4.78, 5) is 42.9. The number of carbonyl (C=O) groups is 1. The quantitative estimate of drug-likeness (QED) is 0.120. The Hall–Kier alpha value is -5.43. The number of allylic oxidation sites excluding steroid dienone is 1. The number of hydrogen-bond donors (Lipinski definition) is 0. The van der Waals surface area contributed by atoms with Crippen molar-refractivity contribution in [3.05, 3.63) is 118 Å². The molecule has 4 aromatic rings. The Bertz CT molecular complexity index is 2030. The van der Waals surface area contributed by atoms with Crippen LogP contribution in [0.1, 0.15) is 43.5 Å². The van der Waals surface area contributed by atoms with Crippen molar-refractivity contribution < 1.29 is 33.4 Å². The van der Waals surface area contributed by atoms with E-state index in [4.69, 9.17) is 23.7 Å². The van der Waals surface area contributed by atoms with Gasteiger partial charge in [0, 0.05) is 12.1 Å². The zero-order chi connectivity index (χ0) is 33.7. The normalized spacial score (nSPS) is 14.2. The molecule has 3 aromatic carbocycles. The van der Waals surface area contributed by atoms with Crippen LogP contribution in [0.25, 0.3) is 6.08 Å². The predicted octanol–water partition coefficient (Wildman–Crippen LogP) is 4.70. The Balaban J connectivity index is 1.54. The van der Waals surface area contributed by atoms with Gasteiger partial charge in [0.25, 0.3) is 11.2 Å². The lowest BCUT2D eigenvalue weighted by atomic mass is 9.95. The van der Waals surface area contributed by atoms with E-state index in [1.54, 1.807) is 68.5 Å². The largest absolute Gasteiger partial charge is 0.493 e. The number of nitro groups is 1. The van der Waals surface area contributed by atoms with Crippen molar-refractivity contribution in [2.75, 3.05) is 27.4 Å². The maximum absolute atomic E-state index is 14.1. The van der Waals surface area contributed by atoms with E-state index in [0.717, 1.165) is 5.56 Å². The fourth-order valence-corrected chi connectivity index (χ4v) is 6.20. The van der Waals surface area contributed by atoms with Crippen molar-refractivity contribution in [3.63, 3.8) is 0 Å². The minimum atomic E-state index is -0.818. The van der Waals surface area contributed by atoms with Crippen LogP contribution in [0.2, 0.25) is 0 Å². The number of hydrogen-bond acceptors (Lipinski definition) is 11. The highest BCUT2D eigenvalue weighted by Crippen LogP contribution is 2.36. The summed E-state index contributed by atoms with van der Waals surface area (Å²) in [5.41, 5.74) is 2.44. The maximum atomic E-state index is 14.1. The van der Waals surface area contributed by atoms with Crippen LogP contribution in [-0.4, -0.2) is 42.9 Å². The van der Waals surface area contributed by atoms with Gasteiger partial charge in [-0.05, 0) is 79.9 Å². The predicted molar refractivity (Wildman–Crippen MR) is 175 cm³/mol. The van der Waals surface area contributed by atoms with Crippen LogP contribution in [-0.2, 0) is 16.1 Å². The Morgan fingerprint density at radius 1 is 0.957 bits per heavy atom. The van der Waals surface area contributed by atoms with E-state index in [0.29, 0.717) is 55.8 Å². The smallest absolute Gasteiger partial charge is 0.338 e. The van der Waals surface area contributed by atoms with Crippen LogP contribution in [0.5, 0.6) is 23.0 Å². The number of methoxy groups -OCH3 is 2. The molecule has 0 unspecified atom stereocenters. The van der Waals surface area contributed by atoms with Crippen molar-refractivity contribution in [1.82, 2.24) is 4.57 Å². The number of rotatable bonds is 12. The van der Waals surface area contributed by atoms with Crippen LogP contribution < -0.4 is 33.8 Å². The first-order valence-corrected chi connectivity index (χ1v) is 15.5. The lowest BCUT2D eigenvalue weighted by molar-refractivity contribution is -0.384. The van der Waals surface area contributed by atoms with Crippen molar-refractivity contribution in [2.24, 2.45) is 4.99 Å². The molecule has 0 bridgehead atoms. The molecular weight excluding hydrogens is 626 g/mol. The number of esters is 1. The first-order chi connectivity index (χ1) is 22.7. The van der Waals surface area contributed by atoms with E-state index < -0.39 is 16.9 Å². The average Bonchev–Trinajstić information content (AvgIpc) is 3.37. The molecule has 5 rings (SSSR count). The zero-order valence-electron chi connectivity index (χ0n) is 26.5. The molecular formula is C34H33N3O9S. The van der Waals surface area contributed by atoms with Crippen LogP contribution in [0.3, 0.4) is 0 Å². The third-order valence-electron chi connectivity index (χ3n) is 7.35. The van der Waals surface area contributed by atoms with Crippen molar-refractivity contribution >= 4 is 29.1 Å². The second kappa shape index (κ2) is 14.3. The Morgan fingerprint density at radius 3 is 2.34 bits per heavy atom. The van der Waals surface area contributed by atoms with Crippen LogP contribution in [0.4, 0.5) is 5.69 Å². The number of nitro benzene ring substituents is 1. The fourth-order valence-electron chi connectivity index (χ4n) is 5.16. The van der Waals surface area contributed by atoms with Crippen LogP contribution in [0.15, 0.2) is 81.7 Å². The van der Waals surface area contributed by atoms with Crippen LogP contribution >= 0.6 is 11.3 Å². The van der Waals surface area contributed by atoms with E-state index in [9.17, 15) is 19.7 Å². The second-order valence-electron chi connectivity index (χ2n) is 10.3. The van der Waals surface area contributed by atoms with E-state index in [-0.39, 0.29) is 30.0 Å². The highest BCUT2D eigenvalue weighted by Gasteiger charge is 2.34. The van der Waals surface area contributed by atoms with Gasteiger partial charge < -0.3 is 23.7 Å². The summed E-state index contributed by atoms with van der Waals surface area (Å²) >= 11 is 1.20. The van der Waals surface area contributed by atoms with Gasteiger partial charge in [-0.15, -0.1) is 0 Å². The Labute approximate surface area is 273 Å². The number of carbonyl (C=O) groups excluding carboxylic acids is 1. The van der Waals surface area contributed by atoms with E-state index in [1.807, 2.05) is 6.92 Å². The molecule has 0 saturated carbocycles. The number of ether oxygens (including phenoxy) is 5. The van der Waals surface area contributed by atoms with Gasteiger partial charge in [-0.2, -0.15) is 0 Å². The van der Waals surface area contributed by atoms with Gasteiger partial charge in [-0.1, -0.05) is 23.5 Å². The number of non-ortho nitro benzene ring substituents is 1. The minimum absolute atomic E-state index is 0.000659. The molecule has 1 aliphatic heterocycles. The molecule has 13 heteroatoms. The summed E-state index contributed by atoms with van der Waals surface area (Å²) in [5.74, 6) is 1.34. The zero-order valence-corrected chi connectivity index (χ0v) is 27.3. The van der Waals surface area contributed by atoms with Gasteiger partial charge in [-0.25, -0.2) is 9.79 Å². The third kappa shape index (κ3) is 6.89. The lowest BCUT2D eigenvalue weighted by Crippen LogP contribution is -2.39. The summed E-state index contributed by atoms with van der Waals surface area (Å²) in [5, 5.41) is 11.0. The average molecular weight is 660 g/mol. The standard InChI is InChI=1S/C34H33N3O9S/c1-6-44-28-16-22(10-14-26(28)46-19-21-8-12-24(13-9-21)37(40)41)17-29-32(38)36-31(23-11-15-25(42-4)27(18-23)43-5)30(33(39)45-7-2)20(3)35-34(36)47-29/h8-18,31H,6-7,19H2,1-5H3/b29-17+/t31-/m1/s1. The SMILES string of the molecule is CCOC(=O)C1=C(C)N=c2s/c(=C/c3ccc(OCc4ccc([N+](=O)[O-])cc4)c(OCC)c3)c(=O)n2[C@@H]1c1ccc(OC)c(OC)c1. The number of fused-ring (bicyclic) bond motifs is 1. The summed E-state index contributed by atoms with van der Waals surface area (Å²) < 4.78 is 30.0. The molecule has 0 radical (unpaired) electrons. The van der Waals surface area contributed by atoms with Gasteiger partial charge in [0.1, 0.15) is 6.61 Å². The molecule has 0 N–H and O–H groups in total. The van der Waals surface area contributed by atoms with Gasteiger partial charge in [0.15, 0.2) is 27.8 Å². The molecule has 0 spiro atoms. The summed E-state index contributed by atoms with van der Waals surface area (Å²) in [7, 11) is 3.05. The maximum Gasteiger partial charge on any atom is 0.338 e. The molecule has 47 heavy (non-hydrogen) atoms. The first kappa shape index (κ1) is 32.9. The summed E-state index contributed by atoms with van der Waals surface area (Å²) in [6.07, 6.45) is 1.74. The van der Waals surface area contributed by atoms with E-state index in [1.165, 1.54) is 42.3 Å². The Kier molecular flexibility index (Phi) is 10.0. The fraction of sp³-hybridized carbons (Fsp3) is 0.265. The molecule has 0 fully saturated rings.